The van der Waals surface area contributed by atoms with Crippen molar-refractivity contribution in [3.05, 3.63) is 48.5 Å². The first-order valence-corrected chi connectivity index (χ1v) is 9.29. The van der Waals surface area contributed by atoms with Gasteiger partial charge in [-0.15, -0.1) is 11.8 Å². The highest BCUT2D eigenvalue weighted by molar-refractivity contribution is 7.98. The second-order valence-electron chi connectivity index (χ2n) is 5.11. The Morgan fingerprint density at radius 3 is 2.42 bits per heavy atom. The molecule has 0 aliphatic rings. The first-order valence-electron chi connectivity index (χ1n) is 8.06. The number of ether oxygens (including phenoxy) is 3. The molecule has 7 heteroatoms. The van der Waals surface area contributed by atoms with Gasteiger partial charge < -0.3 is 19.5 Å². The lowest BCUT2D eigenvalue weighted by molar-refractivity contribution is -0.149. The fraction of sp³-hybridized carbons (Fsp3) is 0.263. The molecule has 0 fully saturated rings. The summed E-state index contributed by atoms with van der Waals surface area (Å²) in [6, 6.07) is 14.4. The van der Waals surface area contributed by atoms with Crippen molar-refractivity contribution in [2.45, 2.75) is 11.8 Å². The number of anilines is 1. The second-order valence-corrected chi connectivity index (χ2v) is 5.99. The SMILES string of the molecule is CCOc1ccccc1OCC(=O)OCC(=O)Nc1cccc(SC)c1. The molecular weight excluding hydrogens is 354 g/mol. The molecule has 0 radical (unpaired) electrons. The van der Waals surface area contributed by atoms with E-state index in [2.05, 4.69) is 5.32 Å². The molecule has 0 saturated carbocycles. The summed E-state index contributed by atoms with van der Waals surface area (Å²) in [7, 11) is 0. The number of hydrogen-bond donors (Lipinski definition) is 1. The molecule has 2 aromatic carbocycles. The summed E-state index contributed by atoms with van der Waals surface area (Å²) in [5.41, 5.74) is 0.653. The molecule has 26 heavy (non-hydrogen) atoms. The topological polar surface area (TPSA) is 73.9 Å². The molecule has 0 aliphatic carbocycles. The zero-order chi connectivity index (χ0) is 18.8. The standard InChI is InChI=1S/C19H21NO5S/c1-3-23-16-9-4-5-10-17(16)24-13-19(22)25-12-18(21)20-14-7-6-8-15(11-14)26-2/h4-11H,3,12-13H2,1-2H3,(H,20,21). The summed E-state index contributed by atoms with van der Waals surface area (Å²) in [5, 5.41) is 2.68. The van der Waals surface area contributed by atoms with Gasteiger partial charge in [0, 0.05) is 10.6 Å². The van der Waals surface area contributed by atoms with Gasteiger partial charge in [-0.05, 0) is 43.5 Å². The first kappa shape index (κ1) is 19.7. The Morgan fingerprint density at radius 1 is 1.00 bits per heavy atom. The number of hydrogen-bond acceptors (Lipinski definition) is 6. The monoisotopic (exact) mass is 375 g/mol. The molecule has 1 N–H and O–H groups in total. The Morgan fingerprint density at radius 2 is 1.73 bits per heavy atom. The van der Waals surface area contributed by atoms with Crippen LogP contribution in [-0.4, -0.2) is 38.0 Å². The molecule has 0 saturated heterocycles. The number of carbonyl (C=O) groups excluding carboxylic acids is 2. The molecule has 1 amide bonds. The zero-order valence-corrected chi connectivity index (χ0v) is 15.5. The van der Waals surface area contributed by atoms with E-state index in [0.717, 1.165) is 4.90 Å². The Bertz CT molecular complexity index is 750. The van der Waals surface area contributed by atoms with E-state index in [9.17, 15) is 9.59 Å². The molecule has 0 unspecified atom stereocenters. The first-order chi connectivity index (χ1) is 12.6. The number of amides is 1. The van der Waals surface area contributed by atoms with Crippen LogP contribution in [0.15, 0.2) is 53.4 Å². The minimum atomic E-state index is -0.635. The maximum atomic E-state index is 11.9. The molecule has 0 spiro atoms. The lowest BCUT2D eigenvalue weighted by Crippen LogP contribution is -2.23. The maximum Gasteiger partial charge on any atom is 0.344 e. The van der Waals surface area contributed by atoms with Gasteiger partial charge in [-0.1, -0.05) is 18.2 Å². The Balaban J connectivity index is 1.77. The van der Waals surface area contributed by atoms with Crippen molar-refractivity contribution in [2.24, 2.45) is 0 Å². The third-order valence-electron chi connectivity index (χ3n) is 3.21. The third-order valence-corrected chi connectivity index (χ3v) is 3.94. The van der Waals surface area contributed by atoms with E-state index in [4.69, 9.17) is 14.2 Å². The zero-order valence-electron chi connectivity index (χ0n) is 14.7. The fourth-order valence-corrected chi connectivity index (χ4v) is 2.53. The quantitative estimate of drug-likeness (QED) is 0.535. The summed E-state index contributed by atoms with van der Waals surface area (Å²) >= 11 is 1.57. The van der Waals surface area contributed by atoms with Crippen molar-refractivity contribution in [3.63, 3.8) is 0 Å². The van der Waals surface area contributed by atoms with Gasteiger partial charge in [0.15, 0.2) is 24.7 Å². The van der Waals surface area contributed by atoms with Crippen molar-refractivity contribution in [2.75, 3.05) is 31.4 Å². The number of benzene rings is 2. The van der Waals surface area contributed by atoms with E-state index in [1.807, 2.05) is 37.4 Å². The molecule has 0 bridgehead atoms. The number of para-hydroxylation sites is 2. The van der Waals surface area contributed by atoms with Crippen molar-refractivity contribution in [3.8, 4) is 11.5 Å². The van der Waals surface area contributed by atoms with Crippen LogP contribution in [-0.2, 0) is 14.3 Å². The fourth-order valence-electron chi connectivity index (χ4n) is 2.07. The average molecular weight is 375 g/mol. The molecule has 2 rings (SSSR count). The Labute approximate surface area is 156 Å². The molecule has 0 heterocycles. The number of esters is 1. The van der Waals surface area contributed by atoms with E-state index >= 15 is 0 Å². The lowest BCUT2D eigenvalue weighted by Gasteiger charge is -2.11. The van der Waals surface area contributed by atoms with Gasteiger partial charge >= 0.3 is 5.97 Å². The highest BCUT2D eigenvalue weighted by Crippen LogP contribution is 2.26. The Kier molecular flexibility index (Phi) is 7.82. The Hall–Kier alpha value is -2.67. The largest absolute Gasteiger partial charge is 0.490 e. The summed E-state index contributed by atoms with van der Waals surface area (Å²) in [4.78, 5) is 24.7. The van der Waals surface area contributed by atoms with E-state index < -0.39 is 11.9 Å². The number of carbonyl (C=O) groups is 2. The van der Waals surface area contributed by atoms with Crippen LogP contribution in [0.1, 0.15) is 6.92 Å². The number of rotatable bonds is 9. The molecule has 0 aliphatic heterocycles. The number of nitrogens with one attached hydrogen (secondary N) is 1. The van der Waals surface area contributed by atoms with E-state index in [-0.39, 0.29) is 13.2 Å². The predicted molar refractivity (Wildman–Crippen MR) is 101 cm³/mol. The number of thioether (sulfide) groups is 1. The van der Waals surface area contributed by atoms with Crippen LogP contribution >= 0.6 is 11.8 Å². The lowest BCUT2D eigenvalue weighted by atomic mass is 10.3. The van der Waals surface area contributed by atoms with Crippen molar-refractivity contribution >= 4 is 29.3 Å². The van der Waals surface area contributed by atoms with Crippen LogP contribution in [0.2, 0.25) is 0 Å². The van der Waals surface area contributed by atoms with Crippen LogP contribution in [0.25, 0.3) is 0 Å². The third kappa shape index (κ3) is 6.33. The van der Waals surface area contributed by atoms with Gasteiger partial charge in [-0.3, -0.25) is 4.79 Å². The maximum absolute atomic E-state index is 11.9. The van der Waals surface area contributed by atoms with Gasteiger partial charge in [0.05, 0.1) is 6.61 Å². The van der Waals surface area contributed by atoms with Gasteiger partial charge in [-0.2, -0.15) is 0 Å². The molecule has 138 valence electrons. The average Bonchev–Trinajstić information content (AvgIpc) is 2.66. The van der Waals surface area contributed by atoms with Gasteiger partial charge in [0.2, 0.25) is 0 Å². The molecule has 0 aromatic heterocycles. The molecular formula is C19H21NO5S. The summed E-state index contributed by atoms with van der Waals surface area (Å²) in [6.45, 7) is 1.67. The minimum Gasteiger partial charge on any atom is -0.490 e. The van der Waals surface area contributed by atoms with E-state index in [0.29, 0.717) is 23.8 Å². The smallest absolute Gasteiger partial charge is 0.344 e. The second kappa shape index (κ2) is 10.4. The normalized spacial score (nSPS) is 10.1. The van der Waals surface area contributed by atoms with E-state index in [1.165, 1.54) is 0 Å². The van der Waals surface area contributed by atoms with Crippen molar-refractivity contribution < 1.29 is 23.8 Å². The molecule has 2 aromatic rings. The van der Waals surface area contributed by atoms with Crippen LogP contribution in [0.5, 0.6) is 11.5 Å². The highest BCUT2D eigenvalue weighted by atomic mass is 32.2. The van der Waals surface area contributed by atoms with Gasteiger partial charge in [-0.25, -0.2) is 4.79 Å². The predicted octanol–water partition coefficient (Wildman–Crippen LogP) is 3.37. The van der Waals surface area contributed by atoms with Gasteiger partial charge in [0.1, 0.15) is 0 Å². The van der Waals surface area contributed by atoms with Gasteiger partial charge in [0.25, 0.3) is 5.91 Å². The summed E-state index contributed by atoms with van der Waals surface area (Å²) in [6.07, 6.45) is 1.95. The van der Waals surface area contributed by atoms with Crippen molar-refractivity contribution in [1.82, 2.24) is 0 Å². The summed E-state index contributed by atoms with van der Waals surface area (Å²) < 4.78 is 15.7. The molecule has 6 nitrogen and oxygen atoms in total. The minimum absolute atomic E-state index is 0.306. The van der Waals surface area contributed by atoms with Crippen LogP contribution in [0.3, 0.4) is 0 Å². The van der Waals surface area contributed by atoms with Crippen LogP contribution in [0.4, 0.5) is 5.69 Å². The van der Waals surface area contributed by atoms with E-state index in [1.54, 1.807) is 36.0 Å². The summed E-state index contributed by atoms with van der Waals surface area (Å²) in [5.74, 6) is -0.0468. The van der Waals surface area contributed by atoms with Crippen LogP contribution < -0.4 is 14.8 Å². The van der Waals surface area contributed by atoms with Crippen molar-refractivity contribution in [1.29, 1.82) is 0 Å². The highest BCUT2D eigenvalue weighted by Gasteiger charge is 2.11. The molecule has 0 atom stereocenters. The van der Waals surface area contributed by atoms with Crippen LogP contribution in [0, 0.1) is 0 Å².